The van der Waals surface area contributed by atoms with Gasteiger partial charge in [-0.3, -0.25) is 23.9 Å². The fourth-order valence-corrected chi connectivity index (χ4v) is 2.51. The first-order valence-corrected chi connectivity index (χ1v) is 9.94. The summed E-state index contributed by atoms with van der Waals surface area (Å²) in [5.41, 5.74) is 0.0359. The Morgan fingerprint density at radius 1 is 1.26 bits per heavy atom. The van der Waals surface area contributed by atoms with Crippen molar-refractivity contribution < 1.29 is 31.9 Å². The van der Waals surface area contributed by atoms with E-state index < -0.39 is 50.5 Å². The molecule has 0 saturated heterocycles. The number of rotatable bonds is 9. The molecule has 1 rings (SSSR count). The van der Waals surface area contributed by atoms with E-state index in [1.165, 1.54) is 12.1 Å². The molecule has 0 fully saturated rings. The Balaban J connectivity index is 3.24. The van der Waals surface area contributed by atoms with Gasteiger partial charge < -0.3 is 10.1 Å². The van der Waals surface area contributed by atoms with Gasteiger partial charge in [-0.2, -0.15) is 8.42 Å². The fourth-order valence-electron chi connectivity index (χ4n) is 1.99. The predicted molar refractivity (Wildman–Crippen MR) is 95.8 cm³/mol. The van der Waals surface area contributed by atoms with Crippen LogP contribution >= 0.6 is 23.2 Å². The van der Waals surface area contributed by atoms with Crippen LogP contribution in [0.15, 0.2) is 24.3 Å². The summed E-state index contributed by atoms with van der Waals surface area (Å²) in [7, 11) is -3.88. The van der Waals surface area contributed by atoms with Crippen molar-refractivity contribution in [3.63, 3.8) is 0 Å². The summed E-state index contributed by atoms with van der Waals surface area (Å²) in [6, 6.07) is 3.72. The number of halogens is 2. The van der Waals surface area contributed by atoms with Crippen molar-refractivity contribution >= 4 is 50.9 Å². The van der Waals surface area contributed by atoms with Gasteiger partial charge in [0, 0.05) is 19.1 Å². The third-order valence-corrected chi connectivity index (χ3v) is 4.04. The van der Waals surface area contributed by atoms with Crippen molar-refractivity contribution in [3.05, 3.63) is 39.9 Å². The van der Waals surface area contributed by atoms with Gasteiger partial charge in [0.2, 0.25) is 0 Å². The summed E-state index contributed by atoms with van der Waals surface area (Å²) in [6.45, 7) is 0.501. The molecule has 1 N–H and O–H groups in total. The molecule has 2 atom stereocenters. The van der Waals surface area contributed by atoms with Gasteiger partial charge in [0.25, 0.3) is 21.7 Å². The van der Waals surface area contributed by atoms with Gasteiger partial charge in [0.1, 0.15) is 6.10 Å². The Kier molecular flexibility index (Phi) is 8.41. The van der Waals surface area contributed by atoms with Gasteiger partial charge in [-0.1, -0.05) is 23.2 Å². The maximum Gasteiger partial charge on any atom is 0.303 e. The minimum Gasteiger partial charge on any atom is -0.455 e. The second-order valence-electron chi connectivity index (χ2n) is 5.28. The molecular formula is C14H16Cl2N2O8S. The Bertz CT molecular complexity index is 798. The van der Waals surface area contributed by atoms with Gasteiger partial charge in [0.05, 0.1) is 23.8 Å². The average molecular weight is 443 g/mol. The minimum absolute atomic E-state index is 0.213. The van der Waals surface area contributed by atoms with Crippen molar-refractivity contribution in [2.24, 2.45) is 0 Å². The SMILES string of the molecule is CC(=O)O[C@H](c1ccc([N+](=O)[O-])cc1)[C@@H](COS(C)(=O)=O)NC(=O)C(Cl)Cl. The number of non-ortho nitro benzene ring substituents is 1. The zero-order chi connectivity index (χ0) is 20.8. The number of alkyl halides is 2. The van der Waals surface area contributed by atoms with Crippen LogP contribution in [0.3, 0.4) is 0 Å². The minimum atomic E-state index is -3.88. The average Bonchev–Trinajstić information content (AvgIpc) is 2.55. The Morgan fingerprint density at radius 2 is 1.81 bits per heavy atom. The molecule has 0 aliphatic carbocycles. The summed E-state index contributed by atoms with van der Waals surface area (Å²) in [4.78, 5) is 32.0. The van der Waals surface area contributed by atoms with Crippen LogP contribution in [0.1, 0.15) is 18.6 Å². The maximum atomic E-state index is 11.8. The van der Waals surface area contributed by atoms with Crippen LogP contribution in [-0.4, -0.2) is 49.0 Å². The molecule has 0 saturated carbocycles. The second-order valence-corrected chi connectivity index (χ2v) is 8.02. The highest BCUT2D eigenvalue weighted by molar-refractivity contribution is 7.85. The molecule has 0 spiro atoms. The van der Waals surface area contributed by atoms with Crippen molar-refractivity contribution in [1.82, 2.24) is 5.32 Å². The molecule has 150 valence electrons. The number of carbonyl (C=O) groups excluding carboxylic acids is 2. The molecule has 1 amide bonds. The van der Waals surface area contributed by atoms with E-state index >= 15 is 0 Å². The lowest BCUT2D eigenvalue weighted by Crippen LogP contribution is -2.46. The third kappa shape index (κ3) is 8.08. The number of hydrogen-bond donors (Lipinski definition) is 1. The van der Waals surface area contributed by atoms with E-state index in [0.717, 1.165) is 25.3 Å². The molecule has 13 heteroatoms. The molecular weight excluding hydrogens is 427 g/mol. The van der Waals surface area contributed by atoms with Crippen LogP contribution in [0.4, 0.5) is 5.69 Å². The summed E-state index contributed by atoms with van der Waals surface area (Å²) >= 11 is 11.0. The molecule has 0 bridgehead atoms. The van der Waals surface area contributed by atoms with Gasteiger partial charge in [-0.05, 0) is 17.7 Å². The van der Waals surface area contributed by atoms with Crippen molar-refractivity contribution in [1.29, 1.82) is 0 Å². The maximum absolute atomic E-state index is 11.8. The highest BCUT2D eigenvalue weighted by Crippen LogP contribution is 2.25. The number of nitrogens with one attached hydrogen (secondary N) is 1. The van der Waals surface area contributed by atoms with Crippen molar-refractivity contribution in [2.75, 3.05) is 12.9 Å². The van der Waals surface area contributed by atoms with Crippen LogP contribution in [0.25, 0.3) is 0 Å². The number of nitro groups is 1. The smallest absolute Gasteiger partial charge is 0.303 e. The molecule has 1 aromatic carbocycles. The van der Waals surface area contributed by atoms with Crippen LogP contribution in [0.2, 0.25) is 0 Å². The van der Waals surface area contributed by atoms with Gasteiger partial charge >= 0.3 is 5.97 Å². The number of benzene rings is 1. The summed E-state index contributed by atoms with van der Waals surface area (Å²) in [5, 5.41) is 13.1. The third-order valence-electron chi connectivity index (χ3n) is 3.08. The lowest BCUT2D eigenvalue weighted by atomic mass is 10.0. The van der Waals surface area contributed by atoms with E-state index in [9.17, 15) is 28.1 Å². The molecule has 0 aliphatic heterocycles. The zero-order valence-corrected chi connectivity index (χ0v) is 16.5. The van der Waals surface area contributed by atoms with E-state index in [-0.39, 0.29) is 11.3 Å². The first kappa shape index (κ1) is 23.1. The normalized spacial score (nSPS) is 13.7. The fraction of sp³-hybridized carbons (Fsp3) is 0.429. The molecule has 0 aliphatic rings. The zero-order valence-electron chi connectivity index (χ0n) is 14.1. The molecule has 0 aromatic heterocycles. The number of hydrogen-bond acceptors (Lipinski definition) is 8. The molecule has 1 aromatic rings. The molecule has 27 heavy (non-hydrogen) atoms. The van der Waals surface area contributed by atoms with Crippen LogP contribution in [-0.2, 0) is 28.6 Å². The first-order valence-electron chi connectivity index (χ1n) is 7.25. The van der Waals surface area contributed by atoms with E-state index in [1.807, 2.05) is 0 Å². The van der Waals surface area contributed by atoms with Gasteiger partial charge in [-0.15, -0.1) is 0 Å². The van der Waals surface area contributed by atoms with E-state index in [4.69, 9.17) is 27.9 Å². The number of amides is 1. The van der Waals surface area contributed by atoms with E-state index in [1.54, 1.807) is 0 Å². The first-order chi connectivity index (χ1) is 12.4. The molecule has 0 radical (unpaired) electrons. The Morgan fingerprint density at radius 3 is 2.22 bits per heavy atom. The summed E-state index contributed by atoms with van der Waals surface area (Å²) < 4.78 is 32.4. The lowest BCUT2D eigenvalue weighted by Gasteiger charge is -2.27. The molecule has 0 unspecified atom stereocenters. The number of carbonyl (C=O) groups is 2. The predicted octanol–water partition coefficient (Wildman–Crippen LogP) is 1.46. The number of nitro benzene ring substituents is 1. The largest absolute Gasteiger partial charge is 0.455 e. The molecule has 10 nitrogen and oxygen atoms in total. The quantitative estimate of drug-likeness (QED) is 0.199. The summed E-state index contributed by atoms with van der Waals surface area (Å²) in [5.74, 6) is -1.62. The second kappa shape index (κ2) is 9.83. The standard InChI is InChI=1S/C14H16Cl2N2O8S/c1-8(19)26-12(9-3-5-10(6-4-9)18(21)22)11(7-25-27(2,23)24)17-14(20)13(15)16/h3-6,11-13H,7H2,1-2H3,(H,17,20)/t11-,12-/m1/s1. The van der Waals surface area contributed by atoms with Crippen molar-refractivity contribution in [2.45, 2.75) is 23.9 Å². The van der Waals surface area contributed by atoms with Crippen LogP contribution in [0.5, 0.6) is 0 Å². The topological polar surface area (TPSA) is 142 Å². The van der Waals surface area contributed by atoms with E-state index in [2.05, 4.69) is 9.50 Å². The highest BCUT2D eigenvalue weighted by atomic mass is 35.5. The van der Waals surface area contributed by atoms with E-state index in [0.29, 0.717) is 0 Å². The van der Waals surface area contributed by atoms with Crippen molar-refractivity contribution in [3.8, 4) is 0 Å². The number of nitrogens with zero attached hydrogens (tertiary/aromatic N) is 1. The lowest BCUT2D eigenvalue weighted by molar-refractivity contribution is -0.384. The number of esters is 1. The van der Waals surface area contributed by atoms with Gasteiger partial charge in [-0.25, -0.2) is 0 Å². The molecule has 0 heterocycles. The Labute approximate surface area is 165 Å². The monoisotopic (exact) mass is 442 g/mol. The Hall–Kier alpha value is -1.95. The van der Waals surface area contributed by atoms with Crippen LogP contribution < -0.4 is 5.32 Å². The summed E-state index contributed by atoms with van der Waals surface area (Å²) in [6.07, 6.45) is -0.425. The number of ether oxygens (including phenoxy) is 1. The van der Waals surface area contributed by atoms with Crippen LogP contribution in [0, 0.1) is 10.1 Å². The highest BCUT2D eigenvalue weighted by Gasteiger charge is 2.31. The van der Waals surface area contributed by atoms with Gasteiger partial charge in [0.15, 0.2) is 4.84 Å².